The number of aromatic carboxylic acids is 1. The topological polar surface area (TPSA) is 77.8 Å². The van der Waals surface area contributed by atoms with Crippen LogP contribution < -0.4 is 0 Å². The lowest BCUT2D eigenvalue weighted by Crippen LogP contribution is -2.34. The number of phenols is 1. The van der Waals surface area contributed by atoms with E-state index in [-0.39, 0.29) is 27.6 Å². The molecule has 4 rings (SSSR count). The van der Waals surface area contributed by atoms with Crippen LogP contribution >= 0.6 is 0 Å². The predicted octanol–water partition coefficient (Wildman–Crippen LogP) is 8.15. The first-order chi connectivity index (χ1) is 17.6. The average Bonchev–Trinajstić information content (AvgIpc) is 2.84. The molecule has 1 unspecified atom stereocenters. The summed E-state index contributed by atoms with van der Waals surface area (Å²) in [6.07, 6.45) is 4.69. The molecule has 0 spiro atoms. The molecule has 1 aliphatic rings. The summed E-state index contributed by atoms with van der Waals surface area (Å²) in [7, 11) is 0. The number of rotatable bonds is 5. The van der Waals surface area contributed by atoms with Crippen LogP contribution in [0, 0.1) is 0 Å². The second kappa shape index (κ2) is 9.74. The first-order valence-corrected chi connectivity index (χ1v) is 13.3. The number of benzene rings is 3. The fourth-order valence-corrected chi connectivity index (χ4v) is 5.51. The molecule has 0 saturated carbocycles. The zero-order valence-electron chi connectivity index (χ0n) is 23.6. The molecule has 1 aliphatic carbocycles. The minimum absolute atomic E-state index is 0.00558. The number of aliphatic hydroxyl groups excluding tert-OH is 1. The van der Waals surface area contributed by atoms with Gasteiger partial charge in [0.05, 0.1) is 6.10 Å². The van der Waals surface area contributed by atoms with Crippen molar-refractivity contribution in [2.75, 3.05) is 0 Å². The summed E-state index contributed by atoms with van der Waals surface area (Å²) in [5, 5.41) is 30.5. The Bertz CT molecular complexity index is 1390. The third kappa shape index (κ3) is 5.42. The summed E-state index contributed by atoms with van der Waals surface area (Å²) in [5.74, 6) is -1.48. The molecule has 0 bridgehead atoms. The van der Waals surface area contributed by atoms with E-state index < -0.39 is 12.1 Å². The maximum Gasteiger partial charge on any atom is 0.339 e. The van der Waals surface area contributed by atoms with Crippen molar-refractivity contribution in [3.63, 3.8) is 0 Å². The fourth-order valence-electron chi connectivity index (χ4n) is 5.51. The van der Waals surface area contributed by atoms with Crippen LogP contribution in [0.2, 0.25) is 0 Å². The van der Waals surface area contributed by atoms with E-state index in [1.165, 1.54) is 28.8 Å². The van der Waals surface area contributed by atoms with Gasteiger partial charge < -0.3 is 15.3 Å². The normalized spacial score (nSPS) is 17.3. The molecular formula is C34H40O4. The van der Waals surface area contributed by atoms with Gasteiger partial charge in [0.1, 0.15) is 11.3 Å². The predicted molar refractivity (Wildman–Crippen MR) is 155 cm³/mol. The van der Waals surface area contributed by atoms with Crippen LogP contribution in [0.15, 0.2) is 60.7 Å². The molecule has 3 aromatic rings. The van der Waals surface area contributed by atoms with Gasteiger partial charge >= 0.3 is 5.97 Å². The number of hydrogen-bond acceptors (Lipinski definition) is 3. The maximum absolute atomic E-state index is 11.3. The monoisotopic (exact) mass is 512 g/mol. The summed E-state index contributed by atoms with van der Waals surface area (Å²) >= 11 is 0. The van der Waals surface area contributed by atoms with Gasteiger partial charge in [-0.25, -0.2) is 4.79 Å². The van der Waals surface area contributed by atoms with Gasteiger partial charge in [-0.15, -0.1) is 0 Å². The van der Waals surface area contributed by atoms with Gasteiger partial charge in [0.25, 0.3) is 0 Å². The molecule has 0 amide bonds. The Hall–Kier alpha value is -3.37. The van der Waals surface area contributed by atoms with E-state index in [4.69, 9.17) is 5.11 Å². The highest BCUT2D eigenvalue weighted by Gasteiger charge is 2.39. The molecular weight excluding hydrogens is 472 g/mol. The number of carboxylic acids is 1. The van der Waals surface area contributed by atoms with Crippen LogP contribution in [0.5, 0.6) is 5.75 Å². The average molecular weight is 513 g/mol. The summed E-state index contributed by atoms with van der Waals surface area (Å²) < 4.78 is 0. The van der Waals surface area contributed by atoms with E-state index in [2.05, 4.69) is 84.9 Å². The quantitative estimate of drug-likeness (QED) is 0.322. The van der Waals surface area contributed by atoms with Crippen molar-refractivity contribution < 1.29 is 20.1 Å². The zero-order chi connectivity index (χ0) is 28.0. The molecule has 0 heterocycles. The van der Waals surface area contributed by atoms with Crippen LogP contribution in [-0.2, 0) is 16.2 Å². The van der Waals surface area contributed by atoms with Gasteiger partial charge in [-0.1, -0.05) is 97.0 Å². The van der Waals surface area contributed by atoms with Crippen LogP contribution in [-0.4, -0.2) is 21.3 Å². The van der Waals surface area contributed by atoms with Gasteiger partial charge in [0.2, 0.25) is 0 Å². The highest BCUT2D eigenvalue weighted by Crippen LogP contribution is 2.50. The number of carboxylic acid groups (broad SMARTS) is 1. The van der Waals surface area contributed by atoms with Gasteiger partial charge in [-0.05, 0) is 86.2 Å². The first kappa shape index (κ1) is 27.7. The molecule has 0 saturated heterocycles. The Labute approximate surface area is 226 Å². The van der Waals surface area contributed by atoms with E-state index in [9.17, 15) is 15.0 Å². The molecule has 3 aromatic carbocycles. The third-order valence-corrected chi connectivity index (χ3v) is 8.07. The smallest absolute Gasteiger partial charge is 0.339 e. The van der Waals surface area contributed by atoms with Gasteiger partial charge in [-0.2, -0.15) is 0 Å². The van der Waals surface area contributed by atoms with E-state index in [1.807, 2.05) is 0 Å². The molecule has 3 N–H and O–H groups in total. The lowest BCUT2D eigenvalue weighted by Gasteiger charge is -2.43. The number of aliphatic hydroxyl groups is 1. The zero-order valence-corrected chi connectivity index (χ0v) is 23.6. The van der Waals surface area contributed by atoms with Crippen molar-refractivity contribution in [1.29, 1.82) is 0 Å². The fraction of sp³-hybridized carbons (Fsp3) is 0.382. The standard InChI is InChI=1S/C34H40O4/c1-32(2,3)24-12-10-22(11-13-24)26-19-23(20-27-30(26)34(6,7)17-16-33(27,4)5)28(35)15-9-21-8-14-25(31(37)38)29(36)18-21/h8-15,18-20,28,35-36H,16-17H2,1-7H3,(H,37,38). The van der Waals surface area contributed by atoms with Crippen LogP contribution in [0.4, 0.5) is 0 Å². The molecule has 38 heavy (non-hydrogen) atoms. The van der Waals surface area contributed by atoms with Crippen LogP contribution in [0.25, 0.3) is 17.2 Å². The second-order valence-electron chi connectivity index (χ2n) is 13.0. The molecule has 200 valence electrons. The second-order valence-corrected chi connectivity index (χ2v) is 13.0. The number of aromatic hydroxyl groups is 1. The Morgan fingerprint density at radius 1 is 0.921 bits per heavy atom. The molecule has 4 heteroatoms. The lowest BCUT2D eigenvalue weighted by molar-refractivity contribution is 0.0693. The molecule has 0 fully saturated rings. The molecule has 0 aliphatic heterocycles. The first-order valence-electron chi connectivity index (χ1n) is 13.3. The van der Waals surface area contributed by atoms with Crippen molar-refractivity contribution in [3.05, 3.63) is 94.1 Å². The largest absolute Gasteiger partial charge is 0.507 e. The van der Waals surface area contributed by atoms with Crippen molar-refractivity contribution in [3.8, 4) is 16.9 Å². The van der Waals surface area contributed by atoms with Crippen molar-refractivity contribution >= 4 is 12.0 Å². The van der Waals surface area contributed by atoms with E-state index in [1.54, 1.807) is 18.2 Å². The number of carbonyl (C=O) groups is 1. The highest BCUT2D eigenvalue weighted by molar-refractivity contribution is 5.91. The number of fused-ring (bicyclic) bond motifs is 1. The molecule has 1 atom stereocenters. The maximum atomic E-state index is 11.3. The summed E-state index contributed by atoms with van der Waals surface area (Å²) in [4.78, 5) is 11.2. The summed E-state index contributed by atoms with van der Waals surface area (Å²) in [5.41, 5.74) is 7.54. The van der Waals surface area contributed by atoms with Crippen molar-refractivity contribution in [2.24, 2.45) is 0 Å². The molecule has 4 nitrogen and oxygen atoms in total. The Balaban J connectivity index is 1.81. The third-order valence-electron chi connectivity index (χ3n) is 8.07. The van der Waals surface area contributed by atoms with Gasteiger partial charge in [0, 0.05) is 0 Å². The molecule has 0 radical (unpaired) electrons. The van der Waals surface area contributed by atoms with E-state index in [0.29, 0.717) is 5.56 Å². The Morgan fingerprint density at radius 3 is 2.13 bits per heavy atom. The minimum Gasteiger partial charge on any atom is -0.507 e. The van der Waals surface area contributed by atoms with Crippen LogP contribution in [0.1, 0.15) is 106 Å². The highest BCUT2D eigenvalue weighted by atomic mass is 16.4. The number of hydrogen-bond donors (Lipinski definition) is 3. The summed E-state index contributed by atoms with van der Waals surface area (Å²) in [6.45, 7) is 15.8. The lowest BCUT2D eigenvalue weighted by atomic mass is 9.61. The van der Waals surface area contributed by atoms with E-state index >= 15 is 0 Å². The van der Waals surface area contributed by atoms with Crippen molar-refractivity contribution in [2.45, 2.75) is 83.7 Å². The van der Waals surface area contributed by atoms with E-state index in [0.717, 1.165) is 29.5 Å². The molecule has 0 aromatic heterocycles. The van der Waals surface area contributed by atoms with Gasteiger partial charge in [0.15, 0.2) is 0 Å². The summed E-state index contributed by atoms with van der Waals surface area (Å²) in [6, 6.07) is 17.5. The van der Waals surface area contributed by atoms with Crippen LogP contribution in [0.3, 0.4) is 0 Å². The van der Waals surface area contributed by atoms with Crippen molar-refractivity contribution in [1.82, 2.24) is 0 Å². The SMILES string of the molecule is CC(C)(C)c1ccc(-c2cc(C(O)C=Cc3ccc(C(=O)O)c(O)c3)cc3c2C(C)(C)CCC3(C)C)cc1. The minimum atomic E-state index is -1.18. The Morgan fingerprint density at radius 2 is 1.55 bits per heavy atom. The van der Waals surface area contributed by atoms with Gasteiger partial charge in [-0.3, -0.25) is 0 Å². The Kier molecular flexibility index (Phi) is 7.09.